The maximum absolute atomic E-state index is 8.89. The van der Waals surface area contributed by atoms with Crippen molar-refractivity contribution < 1.29 is 5.21 Å². The number of nitrogens with zero attached hydrogens (tertiary/aromatic N) is 1. The van der Waals surface area contributed by atoms with Crippen LogP contribution in [0.4, 0.5) is 0 Å². The van der Waals surface area contributed by atoms with Crippen LogP contribution in [0, 0.1) is 17.8 Å². The predicted octanol–water partition coefficient (Wildman–Crippen LogP) is 6.77. The highest BCUT2D eigenvalue weighted by atomic mass is 16.4. The third-order valence-corrected chi connectivity index (χ3v) is 6.98. The lowest BCUT2D eigenvalue weighted by atomic mass is 9.68. The smallest absolute Gasteiger partial charge is 0.0836 e. The van der Waals surface area contributed by atoms with Crippen molar-refractivity contribution in [2.45, 2.75) is 84.0 Å². The van der Waals surface area contributed by atoms with E-state index in [1.54, 1.807) is 0 Å². The molecule has 2 saturated carbocycles. The minimum Gasteiger partial charge on any atom is -0.411 e. The van der Waals surface area contributed by atoms with E-state index in [0.717, 1.165) is 29.2 Å². The molecule has 0 heterocycles. The van der Waals surface area contributed by atoms with Crippen molar-refractivity contribution in [3.63, 3.8) is 0 Å². The quantitative estimate of drug-likeness (QED) is 0.358. The van der Waals surface area contributed by atoms with E-state index in [1.165, 1.54) is 69.8 Å². The van der Waals surface area contributed by atoms with Gasteiger partial charge in [0.2, 0.25) is 0 Å². The average Bonchev–Trinajstić information content (AvgIpc) is 2.68. The van der Waals surface area contributed by atoms with Gasteiger partial charge in [-0.1, -0.05) is 62.0 Å². The second-order valence-corrected chi connectivity index (χ2v) is 8.49. The van der Waals surface area contributed by atoms with Gasteiger partial charge in [-0.25, -0.2) is 0 Å². The highest BCUT2D eigenvalue weighted by molar-refractivity contribution is 5.98. The van der Waals surface area contributed by atoms with Crippen LogP contribution in [0.3, 0.4) is 0 Å². The lowest BCUT2D eigenvalue weighted by molar-refractivity contribution is 0.156. The molecule has 0 atom stereocenters. The summed E-state index contributed by atoms with van der Waals surface area (Å²) in [5.41, 5.74) is 3.18. The van der Waals surface area contributed by atoms with Gasteiger partial charge in [0.15, 0.2) is 0 Å². The SMILES string of the molecule is CCC[C@H]1CC[C@H]([C@H]2CC[C@H](c3ccc(C(C)=NO)cc3)CC2)CC1. The zero-order chi connectivity index (χ0) is 17.6. The van der Waals surface area contributed by atoms with Gasteiger partial charge in [0.25, 0.3) is 0 Å². The van der Waals surface area contributed by atoms with Crippen molar-refractivity contribution in [3.05, 3.63) is 35.4 Å². The van der Waals surface area contributed by atoms with Gasteiger partial charge in [0.05, 0.1) is 5.71 Å². The van der Waals surface area contributed by atoms with E-state index in [9.17, 15) is 0 Å². The van der Waals surface area contributed by atoms with E-state index in [0.29, 0.717) is 5.71 Å². The number of oxime groups is 1. The summed E-state index contributed by atoms with van der Waals surface area (Å²) < 4.78 is 0. The summed E-state index contributed by atoms with van der Waals surface area (Å²) in [6, 6.07) is 8.69. The van der Waals surface area contributed by atoms with Crippen LogP contribution in [-0.4, -0.2) is 10.9 Å². The third kappa shape index (κ3) is 4.65. The number of benzene rings is 1. The molecule has 2 nitrogen and oxygen atoms in total. The Balaban J connectivity index is 1.49. The zero-order valence-electron chi connectivity index (χ0n) is 16.1. The normalized spacial score (nSPS) is 31.0. The van der Waals surface area contributed by atoms with E-state index in [2.05, 4.69) is 36.3 Å². The maximum Gasteiger partial charge on any atom is 0.0836 e. The lowest BCUT2D eigenvalue weighted by Crippen LogP contribution is -2.25. The summed E-state index contributed by atoms with van der Waals surface area (Å²) in [6.07, 6.45) is 14.3. The summed E-state index contributed by atoms with van der Waals surface area (Å²) in [5, 5.41) is 12.2. The second kappa shape index (κ2) is 8.87. The molecule has 2 fully saturated rings. The largest absolute Gasteiger partial charge is 0.411 e. The van der Waals surface area contributed by atoms with Crippen molar-refractivity contribution in [3.8, 4) is 0 Å². The molecule has 1 aromatic rings. The molecule has 0 bridgehead atoms. The minimum atomic E-state index is 0.689. The van der Waals surface area contributed by atoms with Gasteiger partial charge in [-0.05, 0) is 80.2 Å². The molecule has 2 heteroatoms. The van der Waals surface area contributed by atoms with Gasteiger partial charge >= 0.3 is 0 Å². The van der Waals surface area contributed by atoms with Crippen LogP contribution in [0.1, 0.15) is 95.1 Å². The molecule has 1 aromatic carbocycles. The van der Waals surface area contributed by atoms with Crippen molar-refractivity contribution >= 4 is 5.71 Å². The third-order valence-electron chi connectivity index (χ3n) is 6.98. The summed E-state index contributed by atoms with van der Waals surface area (Å²) in [7, 11) is 0. The van der Waals surface area contributed by atoms with Gasteiger partial charge in [-0.2, -0.15) is 0 Å². The fourth-order valence-corrected chi connectivity index (χ4v) is 5.33. The summed E-state index contributed by atoms with van der Waals surface area (Å²) in [4.78, 5) is 0. The van der Waals surface area contributed by atoms with Crippen molar-refractivity contribution in [1.82, 2.24) is 0 Å². The van der Waals surface area contributed by atoms with Crippen LogP contribution in [0.25, 0.3) is 0 Å². The molecule has 0 aliphatic heterocycles. The molecule has 0 aromatic heterocycles. The number of hydrogen-bond donors (Lipinski definition) is 1. The molecule has 0 radical (unpaired) electrons. The van der Waals surface area contributed by atoms with Crippen LogP contribution in [0.2, 0.25) is 0 Å². The van der Waals surface area contributed by atoms with Crippen LogP contribution in [0.15, 0.2) is 29.4 Å². The minimum absolute atomic E-state index is 0.689. The maximum atomic E-state index is 8.89. The van der Waals surface area contributed by atoms with Crippen molar-refractivity contribution in [2.75, 3.05) is 0 Å². The Morgan fingerprint density at radius 1 is 0.920 bits per heavy atom. The topological polar surface area (TPSA) is 32.6 Å². The van der Waals surface area contributed by atoms with Gasteiger partial charge in [-0.3, -0.25) is 0 Å². The highest BCUT2D eigenvalue weighted by Crippen LogP contribution is 2.44. The molecule has 2 aliphatic carbocycles. The van der Waals surface area contributed by atoms with Gasteiger partial charge in [-0.15, -0.1) is 0 Å². The first-order valence-electron chi connectivity index (χ1n) is 10.5. The molecule has 2 aliphatic rings. The van der Waals surface area contributed by atoms with Crippen LogP contribution < -0.4 is 0 Å². The van der Waals surface area contributed by atoms with E-state index in [-0.39, 0.29) is 0 Å². The van der Waals surface area contributed by atoms with Gasteiger partial charge in [0, 0.05) is 0 Å². The first kappa shape index (κ1) is 18.5. The highest BCUT2D eigenvalue weighted by Gasteiger charge is 2.31. The zero-order valence-corrected chi connectivity index (χ0v) is 16.1. The molecule has 138 valence electrons. The van der Waals surface area contributed by atoms with E-state index in [1.807, 2.05) is 6.92 Å². The predicted molar refractivity (Wildman–Crippen MR) is 105 cm³/mol. The molecule has 1 N–H and O–H groups in total. The fraction of sp³-hybridized carbons (Fsp3) is 0.696. The lowest BCUT2D eigenvalue weighted by Gasteiger charge is -2.38. The molecule has 25 heavy (non-hydrogen) atoms. The fourth-order valence-electron chi connectivity index (χ4n) is 5.33. The molecule has 3 rings (SSSR count). The van der Waals surface area contributed by atoms with Crippen LogP contribution in [-0.2, 0) is 0 Å². The van der Waals surface area contributed by atoms with Gasteiger partial charge < -0.3 is 5.21 Å². The van der Waals surface area contributed by atoms with E-state index < -0.39 is 0 Å². The van der Waals surface area contributed by atoms with Crippen molar-refractivity contribution in [2.24, 2.45) is 22.9 Å². The average molecular weight is 342 g/mol. The number of rotatable bonds is 5. The Hall–Kier alpha value is -1.31. The molecule has 0 amide bonds. The van der Waals surface area contributed by atoms with Crippen LogP contribution >= 0.6 is 0 Å². The molecule has 0 unspecified atom stereocenters. The standard InChI is InChI=1S/C23H35NO/c1-3-4-18-5-7-20(8-6-18)22-13-15-23(16-14-22)21-11-9-19(10-12-21)17(2)24-25/h9-12,18,20,22-23,25H,3-8,13-16H2,1-2H3/t18-,20-,22-,23-. The van der Waals surface area contributed by atoms with Crippen LogP contribution in [0.5, 0.6) is 0 Å². The second-order valence-electron chi connectivity index (χ2n) is 8.49. The Kier molecular flexibility index (Phi) is 6.56. The van der Waals surface area contributed by atoms with E-state index >= 15 is 0 Å². The molecule has 0 saturated heterocycles. The van der Waals surface area contributed by atoms with Gasteiger partial charge in [0.1, 0.15) is 0 Å². The monoisotopic (exact) mass is 341 g/mol. The molecular weight excluding hydrogens is 306 g/mol. The van der Waals surface area contributed by atoms with Crippen molar-refractivity contribution in [1.29, 1.82) is 0 Å². The van der Waals surface area contributed by atoms with E-state index in [4.69, 9.17) is 5.21 Å². The Bertz CT molecular complexity index is 546. The molecule has 0 spiro atoms. The Morgan fingerprint density at radius 2 is 1.48 bits per heavy atom. The summed E-state index contributed by atoms with van der Waals surface area (Å²) in [6.45, 7) is 4.17. The first-order chi connectivity index (χ1) is 12.2. The number of hydrogen-bond acceptors (Lipinski definition) is 2. The first-order valence-corrected chi connectivity index (χ1v) is 10.5. The summed E-state index contributed by atoms with van der Waals surface area (Å²) in [5.74, 6) is 3.76. The molecular formula is C23H35NO. The Morgan fingerprint density at radius 3 is 2.00 bits per heavy atom. The summed E-state index contributed by atoms with van der Waals surface area (Å²) >= 11 is 0. The Labute approximate surface area is 153 Å².